The number of rotatable bonds is 11. The lowest BCUT2D eigenvalue weighted by molar-refractivity contribution is 0.000665. The van der Waals surface area contributed by atoms with Gasteiger partial charge in [-0.15, -0.1) is 0 Å². The molecule has 0 amide bonds. The van der Waals surface area contributed by atoms with Crippen molar-refractivity contribution < 1.29 is 24.8 Å². The smallest absolute Gasteiger partial charge is 0.0897 e. The van der Waals surface area contributed by atoms with Gasteiger partial charge in [0.05, 0.1) is 44.7 Å². The third-order valence-electron chi connectivity index (χ3n) is 2.35. The van der Waals surface area contributed by atoms with Crippen molar-refractivity contribution in [3.05, 3.63) is 0 Å². The largest absolute Gasteiger partial charge is 0.394 e. The molecule has 0 aromatic carbocycles. The van der Waals surface area contributed by atoms with Gasteiger partial charge in [0.1, 0.15) is 0 Å². The van der Waals surface area contributed by atoms with Crippen molar-refractivity contribution in [2.45, 2.75) is 25.5 Å². The van der Waals surface area contributed by atoms with E-state index in [1.165, 1.54) is 0 Å². The number of nitrogens with one attached hydrogen (secondary N) is 1. The Hall–Kier alpha value is -0.240. The molecule has 1 unspecified atom stereocenters. The predicted molar refractivity (Wildman–Crippen MR) is 63.9 cm³/mol. The van der Waals surface area contributed by atoms with E-state index >= 15 is 0 Å². The third-order valence-corrected chi connectivity index (χ3v) is 2.35. The van der Waals surface area contributed by atoms with Crippen LogP contribution in [0, 0.1) is 0 Å². The van der Waals surface area contributed by atoms with Crippen molar-refractivity contribution in [3.63, 3.8) is 0 Å². The Kier molecular flexibility index (Phi) is 9.62. The summed E-state index contributed by atoms with van der Waals surface area (Å²) in [6.07, 6.45) is -0.672. The SMILES string of the molecule is CCOCCOCC(O)CNC(C)(CO)CO. The highest BCUT2D eigenvalue weighted by atomic mass is 16.5. The van der Waals surface area contributed by atoms with Gasteiger partial charge in [-0.3, -0.25) is 0 Å². The predicted octanol–water partition coefficient (Wildman–Crippen LogP) is -1.27. The van der Waals surface area contributed by atoms with Gasteiger partial charge in [0.25, 0.3) is 0 Å². The van der Waals surface area contributed by atoms with Crippen molar-refractivity contribution in [1.29, 1.82) is 0 Å². The van der Waals surface area contributed by atoms with Gasteiger partial charge in [-0.05, 0) is 13.8 Å². The fraction of sp³-hybridized carbons (Fsp3) is 1.00. The summed E-state index contributed by atoms with van der Waals surface area (Å²) in [6, 6.07) is 0. The van der Waals surface area contributed by atoms with E-state index in [1.807, 2.05) is 6.92 Å². The fourth-order valence-corrected chi connectivity index (χ4v) is 1.07. The summed E-state index contributed by atoms with van der Waals surface area (Å²) in [5.41, 5.74) is -0.772. The lowest BCUT2D eigenvalue weighted by Gasteiger charge is -2.27. The molecule has 0 aliphatic carbocycles. The fourth-order valence-electron chi connectivity index (χ4n) is 1.07. The molecule has 0 bridgehead atoms. The second kappa shape index (κ2) is 9.76. The topological polar surface area (TPSA) is 91.2 Å². The molecule has 0 fully saturated rings. The van der Waals surface area contributed by atoms with Gasteiger partial charge in [-0.1, -0.05) is 0 Å². The van der Waals surface area contributed by atoms with E-state index in [0.29, 0.717) is 19.8 Å². The lowest BCUT2D eigenvalue weighted by Crippen LogP contribution is -2.52. The average molecular weight is 251 g/mol. The zero-order valence-corrected chi connectivity index (χ0v) is 10.7. The van der Waals surface area contributed by atoms with Crippen LogP contribution in [0.15, 0.2) is 0 Å². The summed E-state index contributed by atoms with van der Waals surface area (Å²) in [7, 11) is 0. The highest BCUT2D eigenvalue weighted by Gasteiger charge is 2.22. The molecule has 0 aliphatic rings. The van der Waals surface area contributed by atoms with Crippen LogP contribution in [0.25, 0.3) is 0 Å². The molecule has 0 saturated heterocycles. The zero-order chi connectivity index (χ0) is 13.1. The number of hydrogen-bond acceptors (Lipinski definition) is 6. The van der Waals surface area contributed by atoms with Crippen LogP contribution in [0.5, 0.6) is 0 Å². The molecular formula is C11H25NO5. The highest BCUT2D eigenvalue weighted by molar-refractivity contribution is 4.82. The monoisotopic (exact) mass is 251 g/mol. The number of ether oxygens (including phenoxy) is 2. The van der Waals surface area contributed by atoms with E-state index in [4.69, 9.17) is 19.7 Å². The highest BCUT2D eigenvalue weighted by Crippen LogP contribution is 2.00. The maximum absolute atomic E-state index is 9.57. The quantitative estimate of drug-likeness (QED) is 0.342. The Morgan fingerprint density at radius 3 is 2.29 bits per heavy atom. The maximum atomic E-state index is 9.57. The minimum absolute atomic E-state index is 0.193. The summed E-state index contributed by atoms with van der Waals surface area (Å²) in [4.78, 5) is 0. The first-order valence-electron chi connectivity index (χ1n) is 5.88. The molecule has 4 N–H and O–H groups in total. The Bertz CT molecular complexity index is 175. The molecule has 104 valence electrons. The van der Waals surface area contributed by atoms with Gasteiger partial charge in [-0.25, -0.2) is 0 Å². The summed E-state index contributed by atoms with van der Waals surface area (Å²) >= 11 is 0. The molecule has 0 heterocycles. The van der Waals surface area contributed by atoms with E-state index < -0.39 is 11.6 Å². The second-order valence-electron chi connectivity index (χ2n) is 4.18. The normalized spacial score (nSPS) is 13.9. The van der Waals surface area contributed by atoms with Gasteiger partial charge in [0.15, 0.2) is 0 Å². The van der Waals surface area contributed by atoms with Crippen molar-refractivity contribution >= 4 is 0 Å². The number of aliphatic hydroxyl groups excluding tert-OH is 3. The second-order valence-corrected chi connectivity index (χ2v) is 4.18. The molecular weight excluding hydrogens is 226 g/mol. The van der Waals surface area contributed by atoms with Crippen LogP contribution < -0.4 is 5.32 Å². The van der Waals surface area contributed by atoms with Crippen molar-refractivity contribution in [3.8, 4) is 0 Å². The Labute approximate surface area is 103 Å². The summed E-state index contributed by atoms with van der Waals surface area (Å²) < 4.78 is 10.3. The molecule has 0 aromatic heterocycles. The lowest BCUT2D eigenvalue weighted by atomic mass is 10.1. The Morgan fingerprint density at radius 1 is 1.18 bits per heavy atom. The van der Waals surface area contributed by atoms with E-state index in [0.717, 1.165) is 0 Å². The van der Waals surface area contributed by atoms with Crippen LogP contribution in [0.3, 0.4) is 0 Å². The van der Waals surface area contributed by atoms with E-state index in [-0.39, 0.29) is 26.4 Å². The molecule has 0 radical (unpaired) electrons. The van der Waals surface area contributed by atoms with Crippen LogP contribution in [0.4, 0.5) is 0 Å². The molecule has 0 rings (SSSR count). The summed E-state index contributed by atoms with van der Waals surface area (Å²) in [6.45, 7) is 5.27. The van der Waals surface area contributed by atoms with Gasteiger partial charge in [0, 0.05) is 13.2 Å². The molecule has 0 saturated carbocycles. The molecule has 6 nitrogen and oxygen atoms in total. The van der Waals surface area contributed by atoms with Crippen LogP contribution in [-0.2, 0) is 9.47 Å². The molecule has 6 heteroatoms. The molecule has 0 spiro atoms. The third kappa shape index (κ3) is 8.48. The number of aliphatic hydroxyl groups is 3. The van der Waals surface area contributed by atoms with Gasteiger partial charge < -0.3 is 30.1 Å². The molecule has 0 aliphatic heterocycles. The van der Waals surface area contributed by atoms with E-state index in [1.54, 1.807) is 6.92 Å². The van der Waals surface area contributed by atoms with Crippen molar-refractivity contribution in [2.24, 2.45) is 0 Å². The van der Waals surface area contributed by atoms with Crippen LogP contribution in [-0.4, -0.2) is 73.1 Å². The summed E-state index contributed by atoms with van der Waals surface area (Å²) in [5, 5.41) is 30.5. The first-order valence-corrected chi connectivity index (χ1v) is 5.88. The first-order chi connectivity index (χ1) is 8.08. The number of hydrogen-bond donors (Lipinski definition) is 4. The Morgan fingerprint density at radius 2 is 1.76 bits per heavy atom. The van der Waals surface area contributed by atoms with Crippen LogP contribution >= 0.6 is 0 Å². The van der Waals surface area contributed by atoms with E-state index in [2.05, 4.69) is 5.32 Å². The zero-order valence-electron chi connectivity index (χ0n) is 10.7. The minimum atomic E-state index is -0.772. The molecule has 1 atom stereocenters. The number of β-amino-alcohol motifs (C(OH)–C–C–N with tert-alkyl or cyclic N) is 1. The molecule has 17 heavy (non-hydrogen) atoms. The van der Waals surface area contributed by atoms with Crippen molar-refractivity contribution in [2.75, 3.05) is 46.2 Å². The standard InChI is InChI=1S/C11H25NO5/c1-3-16-4-5-17-7-10(15)6-12-11(2,8-13)9-14/h10,12-15H,3-9H2,1-2H3. The van der Waals surface area contributed by atoms with Crippen molar-refractivity contribution in [1.82, 2.24) is 5.32 Å². The van der Waals surface area contributed by atoms with Gasteiger partial charge >= 0.3 is 0 Å². The van der Waals surface area contributed by atoms with Gasteiger partial charge in [0.2, 0.25) is 0 Å². The maximum Gasteiger partial charge on any atom is 0.0897 e. The Balaban J connectivity index is 3.55. The first kappa shape index (κ1) is 16.8. The average Bonchev–Trinajstić information content (AvgIpc) is 2.35. The van der Waals surface area contributed by atoms with Crippen LogP contribution in [0.1, 0.15) is 13.8 Å². The van der Waals surface area contributed by atoms with Gasteiger partial charge in [-0.2, -0.15) is 0 Å². The van der Waals surface area contributed by atoms with E-state index in [9.17, 15) is 5.11 Å². The molecule has 0 aromatic rings. The van der Waals surface area contributed by atoms with Crippen LogP contribution in [0.2, 0.25) is 0 Å². The summed E-state index contributed by atoms with van der Waals surface area (Å²) in [5.74, 6) is 0. The minimum Gasteiger partial charge on any atom is -0.394 e.